The molecule has 1 aliphatic rings. The highest BCUT2D eigenvalue weighted by Crippen LogP contribution is 2.29. The maximum absolute atomic E-state index is 12.4. The number of benzene rings is 1. The minimum absolute atomic E-state index is 0.0362. The Kier molecular flexibility index (Phi) is 8.78. The summed E-state index contributed by atoms with van der Waals surface area (Å²) in [6, 6.07) is 4.81. The van der Waals surface area contributed by atoms with E-state index in [9.17, 15) is 13.2 Å². The zero-order chi connectivity index (χ0) is 22.3. The van der Waals surface area contributed by atoms with E-state index in [1.807, 2.05) is 0 Å². The smallest absolute Gasteiger partial charge is 0.319 e. The van der Waals surface area contributed by atoms with E-state index in [4.69, 9.17) is 4.74 Å². The van der Waals surface area contributed by atoms with Gasteiger partial charge in [0.2, 0.25) is 10.0 Å². The van der Waals surface area contributed by atoms with Crippen LogP contribution in [0.3, 0.4) is 0 Å². The first-order valence-electron chi connectivity index (χ1n) is 10.6. The Morgan fingerprint density at radius 2 is 1.93 bits per heavy atom. The van der Waals surface area contributed by atoms with Gasteiger partial charge in [0.1, 0.15) is 5.75 Å². The lowest BCUT2D eigenvalue weighted by molar-refractivity contribution is 0.108. The summed E-state index contributed by atoms with van der Waals surface area (Å²) in [4.78, 5) is 14.9. The number of carbonyl (C=O) groups excluding carboxylic acids is 1. The van der Waals surface area contributed by atoms with Crippen LogP contribution >= 0.6 is 0 Å². The molecule has 9 heteroatoms. The summed E-state index contributed by atoms with van der Waals surface area (Å²) in [6.45, 7) is 10.9. The zero-order valence-corrected chi connectivity index (χ0v) is 19.5. The number of hydrogen-bond acceptors (Lipinski definition) is 5. The number of methoxy groups -OCH3 is 1. The Balaban J connectivity index is 1.96. The van der Waals surface area contributed by atoms with Gasteiger partial charge < -0.3 is 15.4 Å². The highest BCUT2D eigenvalue weighted by Gasteiger charge is 2.26. The SMILES string of the molecule is CCS(=O)(=O)Nc1ccc(NC(=O)NCC(C(C)C)N2CCC(C)CC2)cc1OC. The van der Waals surface area contributed by atoms with Gasteiger partial charge in [0.15, 0.2) is 0 Å². The van der Waals surface area contributed by atoms with Gasteiger partial charge in [-0.2, -0.15) is 0 Å². The lowest BCUT2D eigenvalue weighted by atomic mass is 9.94. The molecule has 0 saturated carbocycles. The first kappa shape index (κ1) is 24.3. The number of likely N-dealkylation sites (tertiary alicyclic amines) is 1. The molecule has 0 aliphatic carbocycles. The molecule has 1 heterocycles. The third-order valence-corrected chi connectivity index (χ3v) is 6.92. The molecule has 1 aromatic rings. The summed E-state index contributed by atoms with van der Waals surface area (Å²) in [5.74, 6) is 1.51. The number of hydrogen-bond donors (Lipinski definition) is 3. The van der Waals surface area contributed by atoms with E-state index in [-0.39, 0.29) is 11.8 Å². The number of ether oxygens (including phenoxy) is 1. The summed E-state index contributed by atoms with van der Waals surface area (Å²) >= 11 is 0. The third-order valence-electron chi connectivity index (χ3n) is 5.63. The van der Waals surface area contributed by atoms with Crippen molar-refractivity contribution in [3.05, 3.63) is 18.2 Å². The zero-order valence-electron chi connectivity index (χ0n) is 18.7. The highest BCUT2D eigenvalue weighted by atomic mass is 32.2. The number of rotatable bonds is 9. The van der Waals surface area contributed by atoms with Gasteiger partial charge in [0.25, 0.3) is 0 Å². The molecular weight excluding hydrogens is 404 g/mol. The molecule has 3 N–H and O–H groups in total. The molecule has 1 unspecified atom stereocenters. The molecule has 30 heavy (non-hydrogen) atoms. The van der Waals surface area contributed by atoms with Crippen molar-refractivity contribution in [2.75, 3.05) is 42.5 Å². The molecule has 0 aromatic heterocycles. The van der Waals surface area contributed by atoms with Crippen molar-refractivity contribution in [3.8, 4) is 5.75 Å². The number of anilines is 2. The first-order valence-corrected chi connectivity index (χ1v) is 12.3. The predicted octanol–water partition coefficient (Wildman–Crippen LogP) is 3.33. The highest BCUT2D eigenvalue weighted by molar-refractivity contribution is 7.92. The maximum Gasteiger partial charge on any atom is 0.319 e. The van der Waals surface area contributed by atoms with Gasteiger partial charge in [0, 0.05) is 24.3 Å². The molecule has 2 rings (SSSR count). The Bertz CT molecular complexity index is 805. The standard InChI is InChI=1S/C21H36N4O4S/c1-6-30(27,28)24-18-8-7-17(13-20(18)29-5)23-21(26)22-14-19(15(2)3)25-11-9-16(4)10-12-25/h7-8,13,15-16,19,24H,6,9-12,14H2,1-5H3,(H2,22,23,26). The third kappa shape index (κ3) is 7.05. The number of amides is 2. The second kappa shape index (κ2) is 10.9. The molecule has 8 nitrogen and oxygen atoms in total. The average Bonchev–Trinajstić information content (AvgIpc) is 2.70. The van der Waals surface area contributed by atoms with Crippen molar-refractivity contribution in [1.29, 1.82) is 0 Å². The monoisotopic (exact) mass is 440 g/mol. The molecule has 1 aromatic carbocycles. The van der Waals surface area contributed by atoms with Gasteiger partial charge in [0.05, 0.1) is 18.6 Å². The average molecular weight is 441 g/mol. The quantitative estimate of drug-likeness (QED) is 0.547. The fourth-order valence-corrected chi connectivity index (χ4v) is 4.26. The summed E-state index contributed by atoms with van der Waals surface area (Å²) < 4.78 is 31.3. The maximum atomic E-state index is 12.4. The van der Waals surface area contributed by atoms with Crippen LogP contribution in [0, 0.1) is 11.8 Å². The Morgan fingerprint density at radius 1 is 1.27 bits per heavy atom. The van der Waals surface area contributed by atoms with Crippen LogP contribution in [0.4, 0.5) is 16.2 Å². The van der Waals surface area contributed by atoms with Crippen molar-refractivity contribution in [2.24, 2.45) is 11.8 Å². The summed E-state index contributed by atoms with van der Waals surface area (Å²) in [5, 5.41) is 5.78. The van der Waals surface area contributed by atoms with Gasteiger partial charge in [-0.3, -0.25) is 9.62 Å². The van der Waals surface area contributed by atoms with Gasteiger partial charge in [-0.25, -0.2) is 13.2 Å². The molecule has 0 spiro atoms. The first-order chi connectivity index (χ1) is 14.1. The van der Waals surface area contributed by atoms with Crippen molar-refractivity contribution in [3.63, 3.8) is 0 Å². The van der Waals surface area contributed by atoms with Crippen LogP contribution in [0.1, 0.15) is 40.5 Å². The fourth-order valence-electron chi connectivity index (χ4n) is 3.61. The summed E-state index contributed by atoms with van der Waals surface area (Å²) in [5.41, 5.74) is 0.862. The van der Waals surface area contributed by atoms with E-state index in [0.717, 1.165) is 19.0 Å². The molecule has 0 radical (unpaired) electrons. The number of nitrogens with zero attached hydrogens (tertiary/aromatic N) is 1. The van der Waals surface area contributed by atoms with Crippen molar-refractivity contribution >= 4 is 27.4 Å². The Hall–Kier alpha value is -2.00. The van der Waals surface area contributed by atoms with E-state index in [1.165, 1.54) is 20.0 Å². The molecule has 2 amide bonds. The van der Waals surface area contributed by atoms with Crippen LogP contribution in [0.15, 0.2) is 18.2 Å². The Labute approximate surface area is 180 Å². The molecular formula is C21H36N4O4S. The van der Waals surface area contributed by atoms with Gasteiger partial charge >= 0.3 is 6.03 Å². The van der Waals surface area contributed by atoms with Crippen LogP contribution in [0.2, 0.25) is 0 Å². The molecule has 170 valence electrons. The molecule has 1 fully saturated rings. The molecule has 1 atom stereocenters. The van der Waals surface area contributed by atoms with Crippen LogP contribution in [-0.2, 0) is 10.0 Å². The lowest BCUT2D eigenvalue weighted by Gasteiger charge is -2.38. The number of nitrogens with one attached hydrogen (secondary N) is 3. The van der Waals surface area contributed by atoms with Gasteiger partial charge in [-0.05, 0) is 56.8 Å². The van der Waals surface area contributed by atoms with Gasteiger partial charge in [-0.15, -0.1) is 0 Å². The molecule has 0 bridgehead atoms. The van der Waals surface area contributed by atoms with E-state index in [0.29, 0.717) is 35.6 Å². The predicted molar refractivity (Wildman–Crippen MR) is 122 cm³/mol. The molecule has 1 aliphatic heterocycles. The number of carbonyl (C=O) groups is 1. The second-order valence-corrected chi connectivity index (χ2v) is 10.3. The topological polar surface area (TPSA) is 99.8 Å². The van der Waals surface area contributed by atoms with Crippen LogP contribution in [0.5, 0.6) is 5.75 Å². The minimum atomic E-state index is -3.42. The van der Waals surface area contributed by atoms with Crippen LogP contribution < -0.4 is 20.1 Å². The minimum Gasteiger partial charge on any atom is -0.494 e. The van der Waals surface area contributed by atoms with Crippen LogP contribution in [0.25, 0.3) is 0 Å². The number of piperidine rings is 1. The van der Waals surface area contributed by atoms with E-state index in [2.05, 4.69) is 41.0 Å². The largest absolute Gasteiger partial charge is 0.494 e. The van der Waals surface area contributed by atoms with Crippen LogP contribution in [-0.4, -0.2) is 57.9 Å². The Morgan fingerprint density at radius 3 is 2.50 bits per heavy atom. The van der Waals surface area contributed by atoms with E-state index >= 15 is 0 Å². The van der Waals surface area contributed by atoms with Crippen molar-refractivity contribution in [1.82, 2.24) is 10.2 Å². The van der Waals surface area contributed by atoms with E-state index < -0.39 is 10.0 Å². The number of sulfonamides is 1. The normalized spacial score (nSPS) is 16.9. The lowest BCUT2D eigenvalue weighted by Crippen LogP contribution is -2.50. The van der Waals surface area contributed by atoms with Crippen molar-refractivity contribution in [2.45, 2.75) is 46.6 Å². The number of urea groups is 1. The van der Waals surface area contributed by atoms with E-state index in [1.54, 1.807) is 25.1 Å². The van der Waals surface area contributed by atoms with Crippen molar-refractivity contribution < 1.29 is 17.9 Å². The second-order valence-electron chi connectivity index (χ2n) is 8.29. The summed E-state index contributed by atoms with van der Waals surface area (Å²) in [6.07, 6.45) is 2.40. The summed E-state index contributed by atoms with van der Waals surface area (Å²) in [7, 11) is -1.96. The molecule has 1 saturated heterocycles. The fraction of sp³-hybridized carbons (Fsp3) is 0.667. The van der Waals surface area contributed by atoms with Gasteiger partial charge in [-0.1, -0.05) is 20.8 Å².